The topological polar surface area (TPSA) is 43.1 Å². The molecule has 63 valence electrons. The zero-order valence-corrected chi connectivity index (χ0v) is 6.45. The maximum absolute atomic E-state index is 12.8. The zero-order chi connectivity index (χ0) is 9.14. The van der Waals surface area contributed by atoms with Gasteiger partial charge in [0, 0.05) is 6.07 Å². The van der Waals surface area contributed by atoms with Gasteiger partial charge in [-0.3, -0.25) is 10.1 Å². The van der Waals surface area contributed by atoms with Crippen molar-refractivity contribution in [2.24, 2.45) is 0 Å². The maximum atomic E-state index is 12.8. The molecule has 0 saturated carbocycles. The molecule has 0 fully saturated rings. The van der Waals surface area contributed by atoms with E-state index in [2.05, 4.69) is 0 Å². The Bertz CT molecular complexity index is 312. The van der Waals surface area contributed by atoms with Crippen molar-refractivity contribution in [2.75, 3.05) is 0 Å². The number of benzene rings is 1. The van der Waals surface area contributed by atoms with Gasteiger partial charge < -0.3 is 0 Å². The first-order chi connectivity index (χ1) is 5.65. The Balaban J connectivity index is 3.12. The summed E-state index contributed by atoms with van der Waals surface area (Å²) in [5, 5.41) is 10.2. The van der Waals surface area contributed by atoms with Crippen molar-refractivity contribution in [2.45, 2.75) is 6.92 Å². The van der Waals surface area contributed by atoms with Crippen molar-refractivity contribution in [1.29, 1.82) is 0 Å². The summed E-state index contributed by atoms with van der Waals surface area (Å²) in [5.41, 5.74) is 0.152. The van der Waals surface area contributed by atoms with Gasteiger partial charge in [0.2, 0.25) is 5.82 Å². The van der Waals surface area contributed by atoms with Crippen LogP contribution in [-0.4, -0.2) is 4.92 Å². The average Bonchev–Trinajstić information content (AvgIpc) is 2.03. The smallest absolute Gasteiger partial charge is 0.258 e. The largest absolute Gasteiger partial charge is 0.304 e. The molecule has 0 bridgehead atoms. The summed E-state index contributed by atoms with van der Waals surface area (Å²) in [6, 6.07) is 3.80. The molecule has 0 aliphatic rings. The highest BCUT2D eigenvalue weighted by Gasteiger charge is 2.12. The number of hydrogen-bond donors (Lipinski definition) is 0. The van der Waals surface area contributed by atoms with Crippen molar-refractivity contribution in [3.63, 3.8) is 0 Å². The van der Waals surface area contributed by atoms with Gasteiger partial charge in [0.25, 0.3) is 0 Å². The van der Waals surface area contributed by atoms with Crippen LogP contribution in [0.1, 0.15) is 12.5 Å². The Labute approximate surface area is 69.0 Å². The van der Waals surface area contributed by atoms with E-state index in [0.717, 1.165) is 12.1 Å². The lowest BCUT2D eigenvalue weighted by Gasteiger charge is -1.96. The number of nitro groups is 1. The molecule has 3 nitrogen and oxygen atoms in total. The number of halogens is 1. The fourth-order valence-corrected chi connectivity index (χ4v) is 0.851. The van der Waals surface area contributed by atoms with Crippen LogP contribution in [0.25, 0.3) is 0 Å². The van der Waals surface area contributed by atoms with Gasteiger partial charge in [0.15, 0.2) is 0 Å². The van der Waals surface area contributed by atoms with Crippen LogP contribution in [-0.2, 0) is 0 Å². The van der Waals surface area contributed by atoms with Gasteiger partial charge in [-0.1, -0.05) is 13.0 Å². The summed E-state index contributed by atoms with van der Waals surface area (Å²) in [6.45, 7) is 1.74. The predicted molar refractivity (Wildman–Crippen MR) is 42.1 cm³/mol. The van der Waals surface area contributed by atoms with Crippen LogP contribution in [0.3, 0.4) is 0 Å². The molecule has 1 radical (unpaired) electrons. The molecule has 12 heavy (non-hydrogen) atoms. The predicted octanol–water partition coefficient (Wildman–Crippen LogP) is 2.31. The van der Waals surface area contributed by atoms with Crippen LogP contribution in [0.4, 0.5) is 10.1 Å². The maximum Gasteiger partial charge on any atom is 0.304 e. The first-order valence-electron chi connectivity index (χ1n) is 3.38. The summed E-state index contributed by atoms with van der Waals surface area (Å²) in [5.74, 6) is -0.796. The highest BCUT2D eigenvalue weighted by molar-refractivity contribution is 5.37. The van der Waals surface area contributed by atoms with E-state index in [1.54, 1.807) is 13.3 Å². The lowest BCUT2D eigenvalue weighted by atomic mass is 10.1. The van der Waals surface area contributed by atoms with Gasteiger partial charge in [-0.05, 0) is 18.1 Å². The Morgan fingerprint density at radius 2 is 2.25 bits per heavy atom. The normalized spacial score (nSPS) is 9.83. The van der Waals surface area contributed by atoms with E-state index >= 15 is 0 Å². The van der Waals surface area contributed by atoms with Gasteiger partial charge in [0.1, 0.15) is 0 Å². The van der Waals surface area contributed by atoms with Crippen LogP contribution in [0.15, 0.2) is 18.2 Å². The molecule has 0 spiro atoms. The van der Waals surface area contributed by atoms with Crippen LogP contribution in [0.5, 0.6) is 0 Å². The molecule has 0 atom stereocenters. The van der Waals surface area contributed by atoms with Gasteiger partial charge in [0.05, 0.1) is 4.92 Å². The second kappa shape index (κ2) is 3.30. The minimum atomic E-state index is -0.796. The molecule has 0 aromatic heterocycles. The second-order valence-electron chi connectivity index (χ2n) is 2.26. The Morgan fingerprint density at radius 1 is 1.58 bits per heavy atom. The third kappa shape index (κ3) is 1.58. The molecule has 0 unspecified atom stereocenters. The number of nitrogens with zero attached hydrogens (tertiary/aromatic N) is 1. The number of rotatable bonds is 2. The SMILES string of the molecule is C[CH]c1ccc([N+](=O)[O-])c(F)c1. The van der Waals surface area contributed by atoms with Crippen molar-refractivity contribution >= 4 is 5.69 Å². The minimum absolute atomic E-state index is 0.486. The van der Waals surface area contributed by atoms with Gasteiger partial charge >= 0.3 is 5.69 Å². The summed E-state index contributed by atoms with van der Waals surface area (Å²) in [6.07, 6.45) is 1.67. The number of nitro benzene ring substituents is 1. The molecular weight excluding hydrogens is 161 g/mol. The standard InChI is InChI=1S/C8H7FNO2/c1-2-6-3-4-8(10(11)12)7(9)5-6/h2-5H,1H3. The lowest BCUT2D eigenvalue weighted by molar-refractivity contribution is -0.387. The van der Waals surface area contributed by atoms with E-state index in [0.29, 0.717) is 5.56 Å². The number of hydrogen-bond acceptors (Lipinski definition) is 2. The molecule has 1 aromatic rings. The summed E-state index contributed by atoms with van der Waals surface area (Å²) < 4.78 is 12.8. The highest BCUT2D eigenvalue weighted by atomic mass is 19.1. The fourth-order valence-electron chi connectivity index (χ4n) is 0.851. The Morgan fingerprint density at radius 3 is 2.67 bits per heavy atom. The highest BCUT2D eigenvalue weighted by Crippen LogP contribution is 2.18. The monoisotopic (exact) mass is 168 g/mol. The van der Waals surface area contributed by atoms with Gasteiger partial charge in [-0.15, -0.1) is 0 Å². The third-order valence-corrected chi connectivity index (χ3v) is 1.50. The van der Waals surface area contributed by atoms with E-state index in [1.807, 2.05) is 0 Å². The molecular formula is C8H7FNO2. The average molecular weight is 168 g/mol. The summed E-state index contributed by atoms with van der Waals surface area (Å²) in [4.78, 5) is 9.44. The summed E-state index contributed by atoms with van der Waals surface area (Å²) >= 11 is 0. The minimum Gasteiger partial charge on any atom is -0.258 e. The third-order valence-electron chi connectivity index (χ3n) is 1.50. The zero-order valence-electron chi connectivity index (χ0n) is 6.45. The van der Waals surface area contributed by atoms with Crippen LogP contribution in [0.2, 0.25) is 0 Å². The molecule has 0 N–H and O–H groups in total. The first-order valence-corrected chi connectivity index (χ1v) is 3.38. The van der Waals surface area contributed by atoms with E-state index in [-0.39, 0.29) is 0 Å². The van der Waals surface area contributed by atoms with Gasteiger partial charge in [-0.25, -0.2) is 0 Å². The van der Waals surface area contributed by atoms with Gasteiger partial charge in [-0.2, -0.15) is 4.39 Å². The van der Waals surface area contributed by atoms with E-state index in [1.165, 1.54) is 6.07 Å². The molecule has 0 saturated heterocycles. The first kappa shape index (κ1) is 8.64. The Hall–Kier alpha value is -1.45. The summed E-state index contributed by atoms with van der Waals surface area (Å²) in [7, 11) is 0. The van der Waals surface area contributed by atoms with Crippen LogP contribution in [0, 0.1) is 22.4 Å². The lowest BCUT2D eigenvalue weighted by Crippen LogP contribution is -1.92. The molecule has 1 aromatic carbocycles. The second-order valence-corrected chi connectivity index (χ2v) is 2.26. The van der Waals surface area contributed by atoms with Crippen molar-refractivity contribution in [1.82, 2.24) is 0 Å². The van der Waals surface area contributed by atoms with Crippen molar-refractivity contribution in [3.05, 3.63) is 46.1 Å². The van der Waals surface area contributed by atoms with Crippen LogP contribution < -0.4 is 0 Å². The quantitative estimate of drug-likeness (QED) is 0.502. The molecule has 0 amide bonds. The van der Waals surface area contributed by atoms with E-state index < -0.39 is 16.4 Å². The fraction of sp³-hybridized carbons (Fsp3) is 0.125. The molecule has 4 heteroatoms. The van der Waals surface area contributed by atoms with E-state index in [9.17, 15) is 14.5 Å². The molecule has 0 aliphatic heterocycles. The van der Waals surface area contributed by atoms with Crippen molar-refractivity contribution in [3.8, 4) is 0 Å². The van der Waals surface area contributed by atoms with Crippen LogP contribution >= 0.6 is 0 Å². The molecule has 0 aliphatic carbocycles. The molecule has 1 rings (SSSR count). The van der Waals surface area contributed by atoms with E-state index in [4.69, 9.17) is 0 Å². The molecule has 0 heterocycles. The Kier molecular flexibility index (Phi) is 2.38. The van der Waals surface area contributed by atoms with Crippen molar-refractivity contribution < 1.29 is 9.31 Å².